The Bertz CT molecular complexity index is 315. The molecule has 1 aromatic carbocycles. The van der Waals surface area contributed by atoms with Crippen LogP contribution in [0.15, 0.2) is 24.3 Å². The number of nitrogens with one attached hydrogen (secondary N) is 1. The first-order valence-electron chi connectivity index (χ1n) is 5.75. The van der Waals surface area contributed by atoms with Gasteiger partial charge in [0.2, 0.25) is 0 Å². The van der Waals surface area contributed by atoms with Crippen molar-refractivity contribution in [2.24, 2.45) is 0 Å². The molecule has 2 nitrogen and oxygen atoms in total. The maximum atomic E-state index is 13.1. The molecule has 0 aliphatic carbocycles. The van der Waals surface area contributed by atoms with Gasteiger partial charge in [0.25, 0.3) is 0 Å². The first-order chi connectivity index (χ1) is 7.63. The topological polar surface area (TPSA) is 21.3 Å². The molecule has 16 heavy (non-hydrogen) atoms. The number of ether oxygens (including phenoxy) is 1. The van der Waals surface area contributed by atoms with E-state index in [4.69, 9.17) is 4.74 Å². The fourth-order valence-corrected chi connectivity index (χ4v) is 1.56. The van der Waals surface area contributed by atoms with E-state index in [1.807, 2.05) is 26.8 Å². The van der Waals surface area contributed by atoms with Gasteiger partial charge in [-0.15, -0.1) is 0 Å². The Kier molecular flexibility index (Phi) is 5.43. The van der Waals surface area contributed by atoms with Gasteiger partial charge in [0, 0.05) is 6.54 Å². The van der Waals surface area contributed by atoms with Crippen LogP contribution >= 0.6 is 0 Å². The zero-order chi connectivity index (χ0) is 12.0. The zero-order valence-electron chi connectivity index (χ0n) is 10.2. The number of halogens is 1. The van der Waals surface area contributed by atoms with Crippen molar-refractivity contribution in [1.29, 1.82) is 0 Å². The van der Waals surface area contributed by atoms with Gasteiger partial charge >= 0.3 is 0 Å². The molecular weight excluding hydrogens is 205 g/mol. The van der Waals surface area contributed by atoms with Gasteiger partial charge in [0.15, 0.2) is 0 Å². The fraction of sp³-hybridized carbons (Fsp3) is 0.538. The van der Waals surface area contributed by atoms with Crippen molar-refractivity contribution in [2.45, 2.75) is 33.0 Å². The number of hydrogen-bond donors (Lipinski definition) is 1. The summed E-state index contributed by atoms with van der Waals surface area (Å²) in [5.74, 6) is -0.216. The predicted octanol–water partition coefficient (Wildman–Crippen LogP) is 2.90. The molecule has 0 aliphatic rings. The van der Waals surface area contributed by atoms with Gasteiger partial charge in [-0.3, -0.25) is 0 Å². The fourth-order valence-electron chi connectivity index (χ4n) is 1.56. The number of likely N-dealkylation sites (N-methyl/N-ethyl adjacent to an activating group) is 1. The van der Waals surface area contributed by atoms with E-state index in [2.05, 4.69) is 5.32 Å². The van der Waals surface area contributed by atoms with Crippen molar-refractivity contribution in [3.63, 3.8) is 0 Å². The van der Waals surface area contributed by atoms with Gasteiger partial charge in [0.05, 0.1) is 12.2 Å². The summed E-state index contributed by atoms with van der Waals surface area (Å²) in [4.78, 5) is 0. The van der Waals surface area contributed by atoms with Crippen molar-refractivity contribution in [1.82, 2.24) is 5.32 Å². The average molecular weight is 225 g/mol. The van der Waals surface area contributed by atoms with Crippen LogP contribution in [0.25, 0.3) is 0 Å². The smallest absolute Gasteiger partial charge is 0.123 e. The quantitative estimate of drug-likeness (QED) is 0.803. The van der Waals surface area contributed by atoms with Gasteiger partial charge in [-0.1, -0.05) is 19.1 Å². The lowest BCUT2D eigenvalue weighted by Gasteiger charge is -2.21. The first-order valence-corrected chi connectivity index (χ1v) is 5.75. The Morgan fingerprint density at radius 1 is 1.38 bits per heavy atom. The van der Waals surface area contributed by atoms with Gasteiger partial charge in [-0.2, -0.15) is 0 Å². The van der Waals surface area contributed by atoms with E-state index in [1.54, 1.807) is 6.07 Å². The van der Waals surface area contributed by atoms with Gasteiger partial charge in [-0.05, 0) is 38.1 Å². The third-order valence-corrected chi connectivity index (χ3v) is 2.24. The zero-order valence-corrected chi connectivity index (χ0v) is 10.2. The highest BCUT2D eigenvalue weighted by molar-refractivity contribution is 5.19. The second kappa shape index (κ2) is 6.61. The molecular formula is C13H20FNO. The highest BCUT2D eigenvalue weighted by Crippen LogP contribution is 2.19. The van der Waals surface area contributed by atoms with Crippen LogP contribution in [0.5, 0.6) is 0 Å². The molecule has 90 valence electrons. The largest absolute Gasteiger partial charge is 0.370 e. The molecule has 1 rings (SSSR count). The molecule has 0 bridgehead atoms. The maximum Gasteiger partial charge on any atom is 0.123 e. The lowest BCUT2D eigenvalue weighted by molar-refractivity contribution is 0.00725. The summed E-state index contributed by atoms with van der Waals surface area (Å²) in [5.41, 5.74) is 0.884. The van der Waals surface area contributed by atoms with E-state index in [-0.39, 0.29) is 18.0 Å². The molecule has 0 spiro atoms. The Morgan fingerprint density at radius 2 is 2.12 bits per heavy atom. The lowest BCUT2D eigenvalue weighted by atomic mass is 10.1. The Labute approximate surface area is 96.8 Å². The third kappa shape index (κ3) is 4.29. The normalized spacial score (nSPS) is 13.1. The molecule has 0 heterocycles. The second-order valence-electron chi connectivity index (χ2n) is 4.04. The summed E-state index contributed by atoms with van der Waals surface area (Å²) >= 11 is 0. The standard InChI is InChI=1S/C13H20FNO/c1-4-15-9-13(16-10(2)3)11-6-5-7-12(14)8-11/h5-8,10,13,15H,4,9H2,1-3H3. The van der Waals surface area contributed by atoms with Crippen LogP contribution in [-0.4, -0.2) is 19.2 Å². The number of rotatable bonds is 6. The molecule has 1 N–H and O–H groups in total. The summed E-state index contributed by atoms with van der Waals surface area (Å²) in [6, 6.07) is 6.59. The Hall–Kier alpha value is -0.930. The van der Waals surface area contributed by atoms with Crippen molar-refractivity contribution in [3.05, 3.63) is 35.6 Å². The van der Waals surface area contributed by atoms with E-state index in [0.29, 0.717) is 6.54 Å². The number of benzene rings is 1. The minimum atomic E-state index is -0.216. The van der Waals surface area contributed by atoms with Gasteiger partial charge in [0.1, 0.15) is 5.82 Å². The van der Waals surface area contributed by atoms with Crippen LogP contribution in [0.2, 0.25) is 0 Å². The van der Waals surface area contributed by atoms with E-state index in [0.717, 1.165) is 12.1 Å². The Balaban J connectivity index is 2.74. The summed E-state index contributed by atoms with van der Waals surface area (Å²) in [6.45, 7) is 7.60. The molecule has 0 aliphatic heterocycles. The molecule has 0 fully saturated rings. The Morgan fingerprint density at radius 3 is 2.69 bits per heavy atom. The van der Waals surface area contributed by atoms with Crippen molar-refractivity contribution in [2.75, 3.05) is 13.1 Å². The minimum Gasteiger partial charge on any atom is -0.370 e. The van der Waals surface area contributed by atoms with E-state index in [1.165, 1.54) is 12.1 Å². The highest BCUT2D eigenvalue weighted by Gasteiger charge is 2.13. The van der Waals surface area contributed by atoms with Crippen LogP contribution < -0.4 is 5.32 Å². The summed E-state index contributed by atoms with van der Waals surface area (Å²) in [7, 11) is 0. The molecule has 0 saturated carbocycles. The van der Waals surface area contributed by atoms with Gasteiger partial charge < -0.3 is 10.1 Å². The van der Waals surface area contributed by atoms with E-state index >= 15 is 0 Å². The van der Waals surface area contributed by atoms with E-state index in [9.17, 15) is 4.39 Å². The summed E-state index contributed by atoms with van der Waals surface area (Å²) in [5, 5.41) is 3.22. The minimum absolute atomic E-state index is 0.0874. The van der Waals surface area contributed by atoms with Crippen LogP contribution in [-0.2, 0) is 4.74 Å². The van der Waals surface area contributed by atoms with Gasteiger partial charge in [-0.25, -0.2) is 4.39 Å². The van der Waals surface area contributed by atoms with Crippen LogP contribution in [0.3, 0.4) is 0 Å². The maximum absolute atomic E-state index is 13.1. The molecule has 0 amide bonds. The van der Waals surface area contributed by atoms with Crippen molar-refractivity contribution < 1.29 is 9.13 Å². The molecule has 1 atom stereocenters. The SMILES string of the molecule is CCNCC(OC(C)C)c1cccc(F)c1. The molecule has 0 radical (unpaired) electrons. The van der Waals surface area contributed by atoms with E-state index < -0.39 is 0 Å². The highest BCUT2D eigenvalue weighted by atomic mass is 19.1. The lowest BCUT2D eigenvalue weighted by Crippen LogP contribution is -2.25. The molecule has 0 saturated heterocycles. The predicted molar refractivity (Wildman–Crippen MR) is 63.9 cm³/mol. The summed E-state index contributed by atoms with van der Waals surface area (Å²) < 4.78 is 18.9. The monoisotopic (exact) mass is 225 g/mol. The molecule has 3 heteroatoms. The van der Waals surface area contributed by atoms with Crippen LogP contribution in [0.4, 0.5) is 4.39 Å². The average Bonchev–Trinajstić information content (AvgIpc) is 2.23. The molecule has 1 aromatic rings. The van der Waals surface area contributed by atoms with Crippen molar-refractivity contribution >= 4 is 0 Å². The first kappa shape index (κ1) is 13.1. The molecule has 0 aromatic heterocycles. The number of hydrogen-bond acceptors (Lipinski definition) is 2. The molecule has 1 unspecified atom stereocenters. The van der Waals surface area contributed by atoms with Crippen LogP contribution in [0.1, 0.15) is 32.4 Å². The second-order valence-corrected chi connectivity index (χ2v) is 4.04. The van der Waals surface area contributed by atoms with Crippen molar-refractivity contribution in [3.8, 4) is 0 Å². The third-order valence-electron chi connectivity index (χ3n) is 2.24. The summed E-state index contributed by atoms with van der Waals surface area (Å²) in [6.07, 6.45) is 0.0440. The van der Waals surface area contributed by atoms with Crippen LogP contribution in [0, 0.1) is 5.82 Å².